The molecule has 1 amide bonds. The normalized spacial score (nSPS) is 12.2. The Hall–Kier alpha value is -6.62. The molecular weight excluding hydrogens is 629 g/mol. The van der Waals surface area contributed by atoms with Gasteiger partial charge in [-0.05, 0) is 53.1 Å². The number of pyridine rings is 1. The van der Waals surface area contributed by atoms with Crippen molar-refractivity contribution in [1.82, 2.24) is 9.88 Å². The van der Waals surface area contributed by atoms with Gasteiger partial charge in [-0.25, -0.2) is 9.18 Å². The molecule has 242 valence electrons. The highest BCUT2D eigenvalue weighted by molar-refractivity contribution is 6.09. The molecule has 0 aliphatic carbocycles. The molecule has 2 heterocycles. The fourth-order valence-corrected chi connectivity index (χ4v) is 5.81. The Bertz CT molecular complexity index is 2140. The number of carbonyl (C=O) groups excluding carboxylic acids is 2. The van der Waals surface area contributed by atoms with E-state index in [2.05, 4.69) is 4.98 Å². The molecule has 1 aromatic heterocycles. The van der Waals surface area contributed by atoms with E-state index < -0.39 is 28.9 Å². The van der Waals surface area contributed by atoms with Crippen molar-refractivity contribution in [3.8, 4) is 17.2 Å². The third-order valence-corrected chi connectivity index (χ3v) is 8.08. The first-order valence-corrected chi connectivity index (χ1v) is 15.2. The summed E-state index contributed by atoms with van der Waals surface area (Å²) in [6, 6.07) is 33.3. The smallest absolute Gasteiger partial charge is 0.478 e. The van der Waals surface area contributed by atoms with E-state index in [4.69, 9.17) is 14.2 Å². The zero-order chi connectivity index (χ0) is 33.9. The highest BCUT2D eigenvalue weighted by Crippen LogP contribution is 2.46. The first kappa shape index (κ1) is 31.0. The van der Waals surface area contributed by atoms with Gasteiger partial charge in [-0.1, -0.05) is 72.8 Å². The fourth-order valence-electron chi connectivity index (χ4n) is 5.81. The second-order valence-electron chi connectivity index (χ2n) is 11.2. The van der Waals surface area contributed by atoms with E-state index in [0.717, 1.165) is 11.1 Å². The van der Waals surface area contributed by atoms with E-state index in [9.17, 15) is 24.1 Å². The summed E-state index contributed by atoms with van der Waals surface area (Å²) in [5.74, 6) is -0.496. The number of halogens is 1. The molecule has 10 nitrogen and oxygen atoms in total. The average Bonchev–Trinajstić information content (AvgIpc) is 3.45. The minimum atomic E-state index is -1.12. The number of aromatic nitrogens is 1. The Morgan fingerprint density at radius 3 is 2.12 bits per heavy atom. The molecule has 0 saturated carbocycles. The number of nitro groups is 1. The van der Waals surface area contributed by atoms with Gasteiger partial charge in [0.1, 0.15) is 28.9 Å². The van der Waals surface area contributed by atoms with Crippen molar-refractivity contribution >= 4 is 28.7 Å². The van der Waals surface area contributed by atoms with Crippen LogP contribution in [0.3, 0.4) is 0 Å². The molecule has 11 heteroatoms. The lowest BCUT2D eigenvalue weighted by Crippen LogP contribution is -2.23. The predicted octanol–water partition coefficient (Wildman–Crippen LogP) is 8.18. The van der Waals surface area contributed by atoms with E-state index in [-0.39, 0.29) is 47.1 Å². The Morgan fingerprint density at radius 2 is 1.49 bits per heavy atom. The van der Waals surface area contributed by atoms with Crippen LogP contribution < -0.4 is 14.2 Å². The zero-order valence-electron chi connectivity index (χ0n) is 25.7. The molecule has 0 spiro atoms. The van der Waals surface area contributed by atoms with Gasteiger partial charge in [-0.2, -0.15) is 0 Å². The number of hydrogen-bond donors (Lipinski definition) is 0. The number of fused-ring (bicyclic) bond motifs is 2. The van der Waals surface area contributed by atoms with Crippen molar-refractivity contribution in [2.45, 2.75) is 19.2 Å². The summed E-state index contributed by atoms with van der Waals surface area (Å²) in [6.45, 7) is 0.179. The van der Waals surface area contributed by atoms with Crippen LogP contribution in [-0.2, 0) is 13.1 Å². The Labute approximate surface area is 279 Å². The van der Waals surface area contributed by atoms with E-state index in [1.807, 2.05) is 60.7 Å². The molecule has 0 fully saturated rings. The van der Waals surface area contributed by atoms with Crippen LogP contribution in [0.5, 0.6) is 17.2 Å². The van der Waals surface area contributed by atoms with Gasteiger partial charge in [-0.15, -0.1) is 0 Å². The molecule has 0 N–H and O–H groups in total. The lowest BCUT2D eigenvalue weighted by molar-refractivity contribution is -0.384. The van der Waals surface area contributed by atoms with Crippen molar-refractivity contribution in [3.63, 3.8) is 0 Å². The molecule has 1 aliphatic heterocycles. The van der Waals surface area contributed by atoms with Gasteiger partial charge in [0.2, 0.25) is 0 Å². The van der Waals surface area contributed by atoms with Crippen molar-refractivity contribution < 1.29 is 33.1 Å². The number of carbonyl (C=O) groups is 2. The highest BCUT2D eigenvalue weighted by atomic mass is 19.1. The summed E-state index contributed by atoms with van der Waals surface area (Å²) in [4.78, 5) is 44.2. The standard InChI is InChI=1S/C38H26FN3O7/c39-27-15-13-24(14-16-27)22-41-23-31-32(37(41)43)36(48-34(25-8-3-1-4-9-25)26-10-5-2-6-11-26)33-30(12-7-21-40-33)35(31)49-38(44)47-29-19-17-28(18-20-29)42(45)46/h1-21,34H,22-23H2. The van der Waals surface area contributed by atoms with E-state index in [1.165, 1.54) is 36.4 Å². The van der Waals surface area contributed by atoms with Gasteiger partial charge >= 0.3 is 6.16 Å². The third kappa shape index (κ3) is 6.37. The van der Waals surface area contributed by atoms with Crippen LogP contribution in [0, 0.1) is 15.9 Å². The van der Waals surface area contributed by atoms with Crippen LogP contribution in [0.1, 0.15) is 38.7 Å². The predicted molar refractivity (Wildman–Crippen MR) is 177 cm³/mol. The highest BCUT2D eigenvalue weighted by Gasteiger charge is 2.38. The lowest BCUT2D eigenvalue weighted by Gasteiger charge is -2.23. The molecule has 0 atom stereocenters. The van der Waals surface area contributed by atoms with Crippen molar-refractivity contribution in [3.05, 3.63) is 171 Å². The molecular formula is C38H26FN3O7. The number of amides is 1. The molecule has 0 saturated heterocycles. The molecule has 1 aliphatic rings. The Morgan fingerprint density at radius 1 is 0.837 bits per heavy atom. The number of benzene rings is 5. The van der Waals surface area contributed by atoms with Crippen molar-refractivity contribution in [2.75, 3.05) is 0 Å². The first-order valence-electron chi connectivity index (χ1n) is 15.2. The summed E-state index contributed by atoms with van der Waals surface area (Å²) < 4.78 is 31.7. The van der Waals surface area contributed by atoms with Crippen molar-refractivity contribution in [1.29, 1.82) is 0 Å². The number of nitro benzene ring substituents is 1. The minimum Gasteiger partial charge on any atom is -0.478 e. The summed E-state index contributed by atoms with van der Waals surface area (Å²) in [7, 11) is 0. The monoisotopic (exact) mass is 655 g/mol. The van der Waals surface area contributed by atoms with Crippen LogP contribution in [0.4, 0.5) is 14.9 Å². The van der Waals surface area contributed by atoms with Crippen LogP contribution >= 0.6 is 0 Å². The van der Waals surface area contributed by atoms with Crippen molar-refractivity contribution in [2.24, 2.45) is 0 Å². The minimum absolute atomic E-state index is 0.0252. The first-order chi connectivity index (χ1) is 23.9. The maximum Gasteiger partial charge on any atom is 0.519 e. The van der Waals surface area contributed by atoms with Crippen LogP contribution in [0.15, 0.2) is 128 Å². The van der Waals surface area contributed by atoms with Crippen LogP contribution in [0.2, 0.25) is 0 Å². The maximum absolute atomic E-state index is 14.3. The Kier molecular flexibility index (Phi) is 8.38. The number of hydrogen-bond acceptors (Lipinski definition) is 8. The number of rotatable bonds is 9. The van der Waals surface area contributed by atoms with E-state index >= 15 is 0 Å². The SMILES string of the molecule is O=C(Oc1ccc([N+](=O)[O-])cc1)Oc1c2c(c(OC(c3ccccc3)c3ccccc3)c3ncccc13)C(=O)N(Cc1ccc(F)cc1)C2. The molecule has 6 aromatic rings. The summed E-state index contributed by atoms with van der Waals surface area (Å²) in [5.41, 5.74) is 3.04. The number of ether oxygens (including phenoxy) is 3. The topological polar surface area (TPSA) is 121 Å². The van der Waals surface area contributed by atoms with E-state index in [1.54, 1.807) is 35.4 Å². The Balaban J connectivity index is 1.33. The number of non-ortho nitro benzene ring substituents is 1. The van der Waals surface area contributed by atoms with Gasteiger partial charge in [0.05, 0.1) is 17.0 Å². The average molecular weight is 656 g/mol. The van der Waals surface area contributed by atoms with Gasteiger partial charge < -0.3 is 19.1 Å². The summed E-state index contributed by atoms with van der Waals surface area (Å²) >= 11 is 0. The van der Waals surface area contributed by atoms with Gasteiger partial charge in [0.25, 0.3) is 11.6 Å². The molecule has 0 radical (unpaired) electrons. The van der Waals surface area contributed by atoms with E-state index in [0.29, 0.717) is 16.5 Å². The van der Waals surface area contributed by atoms with Crippen LogP contribution in [0.25, 0.3) is 10.9 Å². The fraction of sp³-hybridized carbons (Fsp3) is 0.0789. The molecule has 0 bridgehead atoms. The maximum atomic E-state index is 14.3. The quantitative estimate of drug-likeness (QED) is 0.0662. The van der Waals surface area contributed by atoms with Gasteiger partial charge in [0.15, 0.2) is 5.75 Å². The summed E-state index contributed by atoms with van der Waals surface area (Å²) in [5, 5.41) is 11.5. The van der Waals surface area contributed by atoms with Gasteiger partial charge in [0, 0.05) is 35.8 Å². The van der Waals surface area contributed by atoms with Gasteiger partial charge in [-0.3, -0.25) is 19.9 Å². The largest absolute Gasteiger partial charge is 0.519 e. The lowest BCUT2D eigenvalue weighted by atomic mass is 9.99. The summed E-state index contributed by atoms with van der Waals surface area (Å²) in [6.07, 6.45) is -0.198. The molecule has 7 rings (SSSR count). The second-order valence-corrected chi connectivity index (χ2v) is 11.2. The zero-order valence-corrected chi connectivity index (χ0v) is 25.7. The molecule has 0 unspecified atom stereocenters. The molecule has 49 heavy (non-hydrogen) atoms. The number of nitrogens with zero attached hydrogens (tertiary/aromatic N) is 3. The second kappa shape index (κ2) is 13.2. The van der Waals surface area contributed by atoms with Crippen LogP contribution in [-0.4, -0.2) is 26.9 Å². The molecule has 5 aromatic carbocycles. The third-order valence-electron chi connectivity index (χ3n) is 8.08.